The van der Waals surface area contributed by atoms with Gasteiger partial charge in [0.15, 0.2) is 0 Å². The van der Waals surface area contributed by atoms with Crippen molar-refractivity contribution in [1.29, 1.82) is 0 Å². The minimum absolute atomic E-state index is 0.0244. The number of nitrogens with one attached hydrogen (secondary N) is 7. The number of hydrogen-bond acceptors (Lipinski definition) is 13. The van der Waals surface area contributed by atoms with Gasteiger partial charge in [0.2, 0.25) is 35.4 Å². The van der Waals surface area contributed by atoms with Crippen LogP contribution in [-0.4, -0.2) is 147 Å². The SMILES string of the molecule is CC[C@H](C)[C@H](NC(=O)CC(O)C(N)CC(C)CNC(=O)[C@H](Cc1cnc[nH]1)NC(=O)[C@H](Cc1ccccc1)OC[C@@H]1CCCN1C(=O)[C@H](Cc1cnc[nH]1)NC(C)=O)C(=O)N[C@@H](Cc1ccccc1)C(=O)OC. The first-order valence-electron chi connectivity index (χ1n) is 25.0. The third kappa shape index (κ3) is 18.2. The van der Waals surface area contributed by atoms with Gasteiger partial charge in [0.05, 0.1) is 44.9 Å². The molecule has 3 heterocycles. The first-order valence-corrected chi connectivity index (χ1v) is 25.0. The summed E-state index contributed by atoms with van der Waals surface area (Å²) in [5, 5.41) is 25.1. The van der Waals surface area contributed by atoms with Crippen molar-refractivity contribution in [1.82, 2.24) is 51.4 Å². The molecule has 73 heavy (non-hydrogen) atoms. The zero-order valence-electron chi connectivity index (χ0n) is 42.4. The molecule has 3 unspecified atom stereocenters. The van der Waals surface area contributed by atoms with Crippen molar-refractivity contribution < 1.29 is 48.1 Å². The smallest absolute Gasteiger partial charge is 0.328 e. The number of carbonyl (C=O) groups is 7. The second-order valence-corrected chi connectivity index (χ2v) is 18.9. The topological polar surface area (TPSA) is 305 Å². The number of H-pyrrole nitrogens is 2. The molecule has 1 saturated heterocycles. The maximum atomic E-state index is 14.3. The zero-order chi connectivity index (χ0) is 52.9. The fourth-order valence-corrected chi connectivity index (χ4v) is 8.76. The highest BCUT2D eigenvalue weighted by Crippen LogP contribution is 2.22. The second-order valence-electron chi connectivity index (χ2n) is 18.9. The highest BCUT2D eigenvalue weighted by Gasteiger charge is 2.36. The van der Waals surface area contributed by atoms with Gasteiger partial charge in [0.1, 0.15) is 30.3 Å². The monoisotopic (exact) mass is 1010 g/mol. The van der Waals surface area contributed by atoms with Crippen molar-refractivity contribution in [2.24, 2.45) is 17.6 Å². The molecule has 1 fully saturated rings. The summed E-state index contributed by atoms with van der Waals surface area (Å²) in [6.45, 7) is 7.42. The number of amides is 6. The van der Waals surface area contributed by atoms with E-state index >= 15 is 0 Å². The van der Waals surface area contributed by atoms with Gasteiger partial charge in [-0.2, -0.15) is 0 Å². The molecule has 1 aliphatic heterocycles. The van der Waals surface area contributed by atoms with Crippen LogP contribution < -0.4 is 32.3 Å². The molecule has 0 spiro atoms. The van der Waals surface area contributed by atoms with E-state index in [4.69, 9.17) is 15.2 Å². The predicted molar refractivity (Wildman–Crippen MR) is 270 cm³/mol. The number of benzene rings is 2. The number of methoxy groups -OCH3 is 1. The number of ether oxygens (including phenoxy) is 2. The minimum Gasteiger partial charge on any atom is -0.467 e. The van der Waals surface area contributed by atoms with E-state index in [-0.39, 0.29) is 74.9 Å². The molecular formula is C52H73N11O10. The number of rotatable bonds is 29. The molecule has 5 rings (SSSR count). The molecule has 4 aromatic rings. The number of nitrogens with two attached hydrogens (primary N) is 1. The van der Waals surface area contributed by atoms with Crippen molar-refractivity contribution in [3.63, 3.8) is 0 Å². The van der Waals surface area contributed by atoms with E-state index in [0.29, 0.717) is 37.2 Å². The number of imidazole rings is 2. The fraction of sp³-hybridized carbons (Fsp3) is 0.519. The number of aromatic nitrogens is 4. The summed E-state index contributed by atoms with van der Waals surface area (Å²) in [5.74, 6) is -4.10. The van der Waals surface area contributed by atoms with Crippen LogP contribution in [0.4, 0.5) is 0 Å². The maximum Gasteiger partial charge on any atom is 0.328 e. The number of nitrogens with zero attached hydrogens (tertiary/aromatic N) is 3. The van der Waals surface area contributed by atoms with E-state index < -0.39 is 78.4 Å². The third-order valence-electron chi connectivity index (χ3n) is 13.1. The van der Waals surface area contributed by atoms with Crippen LogP contribution in [0.2, 0.25) is 0 Å². The Hall–Kier alpha value is -6.97. The Balaban J connectivity index is 1.18. The Morgan fingerprint density at radius 2 is 1.40 bits per heavy atom. The molecule has 0 aliphatic carbocycles. The van der Waals surface area contributed by atoms with Crippen molar-refractivity contribution in [2.75, 3.05) is 26.8 Å². The third-order valence-corrected chi connectivity index (χ3v) is 13.1. The summed E-state index contributed by atoms with van der Waals surface area (Å²) in [5.41, 5.74) is 9.31. The lowest BCUT2D eigenvalue weighted by molar-refractivity contribution is -0.145. The number of aromatic amines is 2. The number of carbonyl (C=O) groups excluding carboxylic acids is 7. The van der Waals surface area contributed by atoms with Crippen LogP contribution in [0.1, 0.15) is 82.3 Å². The van der Waals surface area contributed by atoms with E-state index in [9.17, 15) is 38.7 Å². The minimum atomic E-state index is -1.30. The number of esters is 1. The Labute approximate surface area is 426 Å². The Morgan fingerprint density at radius 3 is 1.97 bits per heavy atom. The molecule has 0 bridgehead atoms. The lowest BCUT2D eigenvalue weighted by Gasteiger charge is -2.30. The van der Waals surface area contributed by atoms with Gasteiger partial charge in [-0.3, -0.25) is 28.8 Å². The Morgan fingerprint density at radius 1 is 0.795 bits per heavy atom. The van der Waals surface area contributed by atoms with Crippen molar-refractivity contribution in [3.05, 3.63) is 108 Å². The molecule has 2 aromatic carbocycles. The molecule has 0 radical (unpaired) electrons. The molecule has 21 nitrogen and oxygen atoms in total. The number of aliphatic hydroxyl groups is 1. The normalized spacial score (nSPS) is 17.1. The van der Waals surface area contributed by atoms with Gasteiger partial charge < -0.3 is 61.8 Å². The van der Waals surface area contributed by atoms with Crippen LogP contribution in [0, 0.1) is 11.8 Å². The summed E-state index contributed by atoms with van der Waals surface area (Å²) < 4.78 is 11.3. The molecule has 21 heteroatoms. The van der Waals surface area contributed by atoms with Crippen LogP contribution in [-0.2, 0) is 68.7 Å². The molecule has 6 amide bonds. The zero-order valence-corrected chi connectivity index (χ0v) is 42.4. The van der Waals surface area contributed by atoms with Gasteiger partial charge in [-0.25, -0.2) is 14.8 Å². The van der Waals surface area contributed by atoms with Crippen molar-refractivity contribution in [3.8, 4) is 0 Å². The van der Waals surface area contributed by atoms with Crippen LogP contribution in [0.25, 0.3) is 0 Å². The van der Waals surface area contributed by atoms with Crippen LogP contribution in [0.15, 0.2) is 85.7 Å². The van der Waals surface area contributed by atoms with E-state index in [1.165, 1.54) is 26.7 Å². The van der Waals surface area contributed by atoms with Crippen molar-refractivity contribution in [2.45, 2.75) is 134 Å². The van der Waals surface area contributed by atoms with Crippen molar-refractivity contribution >= 4 is 41.4 Å². The Kier molecular flexibility index (Phi) is 22.5. The maximum absolute atomic E-state index is 14.3. The van der Waals surface area contributed by atoms with Gasteiger partial charge in [-0.15, -0.1) is 0 Å². The number of aliphatic hydroxyl groups excluding tert-OH is 1. The average molecular weight is 1010 g/mol. The molecule has 10 N–H and O–H groups in total. The summed E-state index contributed by atoms with van der Waals surface area (Å²) in [6, 6.07) is 13.2. The quantitative estimate of drug-likeness (QED) is 0.0346. The van der Waals surface area contributed by atoms with Crippen LogP contribution in [0.3, 0.4) is 0 Å². The number of hydrogen-bond donors (Lipinski definition) is 9. The average Bonchev–Trinajstić information content (AvgIpc) is 4.20. The summed E-state index contributed by atoms with van der Waals surface area (Å²) in [7, 11) is 1.23. The predicted octanol–water partition coefficient (Wildman–Crippen LogP) is 1.18. The van der Waals surface area contributed by atoms with Crippen LogP contribution in [0.5, 0.6) is 0 Å². The number of likely N-dealkylation sites (tertiary alicyclic amines) is 1. The first-order chi connectivity index (χ1) is 35.0. The van der Waals surface area contributed by atoms with Gasteiger partial charge >= 0.3 is 5.97 Å². The molecule has 1 aliphatic rings. The molecule has 2 aromatic heterocycles. The summed E-state index contributed by atoms with van der Waals surface area (Å²) in [6.07, 6.45) is 6.04. The standard InChI is InChI=1S/C52H73N11O10/c1-6-33(3)47(50(69)61-43(52(71)72-5)21-35-14-9-7-10-15-35)62-46(66)25-44(65)40(53)20-32(2)26-56-48(67)41(23-37-27-54-30-57-37)60-49(68)45(22-36-16-11-8-12-17-36)73-29-39-18-13-19-63(39)51(70)42(59-34(4)64)24-38-28-55-31-58-38/h7-12,14-17,27-28,30-33,39-45,47,65H,6,13,18-26,29,53H2,1-5H3,(H,54,57)(H,55,58)(H,56,67)(H,59,64)(H,60,68)(H,61,69)(H,62,66)/t32?,33-,39-,40?,41-,42-,43-,44?,45-,47-/m0/s1. The van der Waals surface area contributed by atoms with Gasteiger partial charge in [-0.1, -0.05) is 87.9 Å². The molecule has 10 atom stereocenters. The summed E-state index contributed by atoms with van der Waals surface area (Å²) in [4.78, 5) is 110. The molecular weight excluding hydrogens is 939 g/mol. The van der Waals surface area contributed by atoms with E-state index in [2.05, 4.69) is 46.5 Å². The second kappa shape index (κ2) is 28.9. The lowest BCUT2D eigenvalue weighted by atomic mass is 9.95. The van der Waals surface area contributed by atoms with E-state index in [1.807, 2.05) is 74.5 Å². The largest absolute Gasteiger partial charge is 0.467 e. The van der Waals surface area contributed by atoms with Gasteiger partial charge in [0, 0.05) is 75.5 Å². The highest BCUT2D eigenvalue weighted by molar-refractivity contribution is 5.92. The Bertz CT molecular complexity index is 2360. The molecule has 0 saturated carbocycles. The van der Waals surface area contributed by atoms with E-state index in [1.54, 1.807) is 24.2 Å². The van der Waals surface area contributed by atoms with Gasteiger partial charge in [-0.05, 0) is 42.2 Å². The lowest BCUT2D eigenvalue weighted by Crippen LogP contribution is -2.55. The van der Waals surface area contributed by atoms with Gasteiger partial charge in [0.25, 0.3) is 0 Å². The fourth-order valence-electron chi connectivity index (χ4n) is 8.76. The first kappa shape index (κ1) is 56.9. The molecule has 396 valence electrons. The summed E-state index contributed by atoms with van der Waals surface area (Å²) >= 11 is 0. The van der Waals surface area contributed by atoms with Crippen LogP contribution >= 0.6 is 0 Å². The highest BCUT2D eigenvalue weighted by atomic mass is 16.5. The van der Waals surface area contributed by atoms with E-state index in [0.717, 1.165) is 11.1 Å².